The lowest BCUT2D eigenvalue weighted by molar-refractivity contribution is -0.896. The molecule has 98 valence electrons. The molecular weight excluding hydrogens is 337 g/mol. The number of aliphatic hydroxyl groups is 1. The van der Waals surface area contributed by atoms with E-state index in [-0.39, 0.29) is 24.0 Å². The molecule has 1 atom stereocenters. The molecule has 0 spiro atoms. The first kappa shape index (κ1) is 14.0. The van der Waals surface area contributed by atoms with Gasteiger partial charge in [0.25, 0.3) is 0 Å². The fraction of sp³-hybridized carbons (Fsp3) is 0.467. The van der Waals surface area contributed by atoms with Gasteiger partial charge in [0.2, 0.25) is 0 Å². The summed E-state index contributed by atoms with van der Waals surface area (Å²) in [6, 6.07) is 10.0. The Morgan fingerprint density at radius 1 is 1.22 bits per heavy atom. The van der Waals surface area contributed by atoms with Crippen LogP contribution in [0.15, 0.2) is 42.6 Å². The van der Waals surface area contributed by atoms with Crippen LogP contribution in [0, 0.1) is 5.92 Å². The SMILES string of the molecule is C=C1C(O)(c2ccccc2)C2CC[N+]1(C)CC2.I. The zero-order chi connectivity index (χ0) is 12.1. The molecule has 0 aliphatic carbocycles. The Hall–Kier alpha value is -0.390. The van der Waals surface area contributed by atoms with Gasteiger partial charge < -0.3 is 5.11 Å². The van der Waals surface area contributed by atoms with Crippen LogP contribution in [0.2, 0.25) is 0 Å². The summed E-state index contributed by atoms with van der Waals surface area (Å²) in [5, 5.41) is 11.2. The number of likely N-dealkylation sites (N-methyl/N-ethyl adjacent to an activating group) is 1. The molecule has 1 aromatic rings. The van der Waals surface area contributed by atoms with Gasteiger partial charge in [-0.25, -0.2) is 0 Å². The molecule has 2 bridgehead atoms. The van der Waals surface area contributed by atoms with Crippen molar-refractivity contribution < 1.29 is 9.59 Å². The van der Waals surface area contributed by atoms with Crippen LogP contribution >= 0.6 is 24.0 Å². The summed E-state index contributed by atoms with van der Waals surface area (Å²) >= 11 is 0. The number of benzene rings is 1. The van der Waals surface area contributed by atoms with Gasteiger partial charge in [-0.1, -0.05) is 30.3 Å². The molecule has 3 heterocycles. The maximum atomic E-state index is 11.2. The molecule has 1 aromatic carbocycles. The average molecular weight is 358 g/mol. The van der Waals surface area contributed by atoms with Crippen LogP contribution < -0.4 is 0 Å². The van der Waals surface area contributed by atoms with E-state index >= 15 is 0 Å². The van der Waals surface area contributed by atoms with E-state index in [1.54, 1.807) is 0 Å². The van der Waals surface area contributed by atoms with Crippen molar-refractivity contribution in [3.63, 3.8) is 0 Å². The minimum atomic E-state index is -0.813. The molecule has 2 nitrogen and oxygen atoms in total. The first-order chi connectivity index (χ1) is 8.07. The van der Waals surface area contributed by atoms with E-state index in [0.29, 0.717) is 5.92 Å². The number of quaternary nitrogens is 1. The summed E-state index contributed by atoms with van der Waals surface area (Å²) in [7, 11) is 2.20. The summed E-state index contributed by atoms with van der Waals surface area (Å²) in [5.41, 5.74) is 1.18. The molecule has 1 unspecified atom stereocenters. The summed E-state index contributed by atoms with van der Waals surface area (Å²) in [6.07, 6.45) is 2.20. The van der Waals surface area contributed by atoms with Crippen molar-refractivity contribution in [2.75, 3.05) is 20.1 Å². The zero-order valence-electron chi connectivity index (χ0n) is 10.8. The van der Waals surface area contributed by atoms with E-state index in [2.05, 4.69) is 13.6 Å². The lowest BCUT2D eigenvalue weighted by Gasteiger charge is -2.55. The predicted octanol–water partition coefficient (Wildman–Crippen LogP) is 2.88. The second kappa shape index (κ2) is 4.62. The van der Waals surface area contributed by atoms with Crippen molar-refractivity contribution in [2.45, 2.75) is 18.4 Å². The third-order valence-corrected chi connectivity index (χ3v) is 4.84. The zero-order valence-corrected chi connectivity index (χ0v) is 13.1. The Morgan fingerprint density at radius 2 is 1.78 bits per heavy atom. The number of halogens is 1. The minimum Gasteiger partial charge on any atom is -0.375 e. The molecule has 4 rings (SSSR count). The van der Waals surface area contributed by atoms with Gasteiger partial charge in [-0.3, -0.25) is 4.48 Å². The molecule has 0 radical (unpaired) electrons. The Labute approximate surface area is 126 Å². The predicted molar refractivity (Wildman–Crippen MR) is 83.5 cm³/mol. The molecule has 3 aliphatic rings. The fourth-order valence-electron chi connectivity index (χ4n) is 3.57. The third kappa shape index (κ3) is 1.75. The van der Waals surface area contributed by atoms with E-state index in [4.69, 9.17) is 0 Å². The van der Waals surface area contributed by atoms with Gasteiger partial charge in [0, 0.05) is 18.8 Å². The molecule has 0 saturated carbocycles. The van der Waals surface area contributed by atoms with Crippen molar-refractivity contribution in [3.05, 3.63) is 48.2 Å². The Kier molecular flexibility index (Phi) is 3.60. The van der Waals surface area contributed by atoms with Gasteiger partial charge in [0.15, 0.2) is 5.60 Å². The number of piperidine rings is 3. The highest BCUT2D eigenvalue weighted by molar-refractivity contribution is 14.0. The first-order valence-electron chi connectivity index (χ1n) is 6.40. The third-order valence-electron chi connectivity index (χ3n) is 4.84. The largest absolute Gasteiger partial charge is 0.375 e. The molecule has 1 N–H and O–H groups in total. The quantitative estimate of drug-likeness (QED) is 0.605. The topological polar surface area (TPSA) is 20.2 Å². The molecule has 0 amide bonds. The molecule has 3 aliphatic heterocycles. The van der Waals surface area contributed by atoms with Crippen LogP contribution in [0.3, 0.4) is 0 Å². The fourth-order valence-corrected chi connectivity index (χ4v) is 3.57. The van der Waals surface area contributed by atoms with Crippen molar-refractivity contribution in [2.24, 2.45) is 5.92 Å². The molecular formula is C15H21INO+. The monoisotopic (exact) mass is 358 g/mol. The van der Waals surface area contributed by atoms with Crippen LogP contribution in [-0.2, 0) is 5.60 Å². The number of fused-ring (bicyclic) bond motifs is 3. The van der Waals surface area contributed by atoms with Crippen LogP contribution in [0.5, 0.6) is 0 Å². The van der Waals surface area contributed by atoms with Gasteiger partial charge in [0.05, 0.1) is 20.1 Å². The van der Waals surface area contributed by atoms with Gasteiger partial charge in [-0.2, -0.15) is 0 Å². The lowest BCUT2D eigenvalue weighted by atomic mass is 9.68. The summed E-state index contributed by atoms with van der Waals surface area (Å²) in [4.78, 5) is 0. The van der Waals surface area contributed by atoms with Gasteiger partial charge in [-0.05, 0) is 12.1 Å². The number of hydrogen-bond donors (Lipinski definition) is 1. The smallest absolute Gasteiger partial charge is 0.166 e. The van der Waals surface area contributed by atoms with Crippen LogP contribution in [0.1, 0.15) is 18.4 Å². The highest BCUT2D eigenvalue weighted by atomic mass is 127. The Bertz CT molecular complexity index is 451. The standard InChI is InChI=1S/C15H20NO.HI/c1-12-15(17,13-6-4-3-5-7-13)14-8-10-16(12,2)11-9-14;/h3-7,14,17H,1,8-11H2,2H3;1H/q+1;. The van der Waals surface area contributed by atoms with E-state index in [1.807, 2.05) is 30.3 Å². The van der Waals surface area contributed by atoms with E-state index in [0.717, 1.165) is 41.7 Å². The Morgan fingerprint density at radius 3 is 2.33 bits per heavy atom. The van der Waals surface area contributed by atoms with Gasteiger partial charge in [0.1, 0.15) is 5.70 Å². The van der Waals surface area contributed by atoms with E-state index in [9.17, 15) is 5.11 Å². The maximum Gasteiger partial charge on any atom is 0.166 e. The lowest BCUT2D eigenvalue weighted by Crippen LogP contribution is -2.63. The second-order valence-corrected chi connectivity index (χ2v) is 5.70. The summed E-state index contributed by atoms with van der Waals surface area (Å²) in [6.45, 7) is 6.47. The Balaban J connectivity index is 0.00000120. The normalized spacial score (nSPS) is 38.3. The molecule has 3 heteroatoms. The number of hydrogen-bond acceptors (Lipinski definition) is 1. The molecule has 3 fully saturated rings. The molecule has 0 aromatic heterocycles. The van der Waals surface area contributed by atoms with E-state index < -0.39 is 5.60 Å². The summed E-state index contributed by atoms with van der Waals surface area (Å²) in [5.74, 6) is 0.345. The van der Waals surface area contributed by atoms with Crippen LogP contribution in [0.25, 0.3) is 0 Å². The van der Waals surface area contributed by atoms with Crippen molar-refractivity contribution in [3.8, 4) is 0 Å². The number of nitrogens with zero attached hydrogens (tertiary/aromatic N) is 1. The van der Waals surface area contributed by atoms with Crippen molar-refractivity contribution >= 4 is 24.0 Å². The van der Waals surface area contributed by atoms with Crippen molar-refractivity contribution in [1.82, 2.24) is 0 Å². The van der Waals surface area contributed by atoms with Gasteiger partial charge >= 0.3 is 0 Å². The minimum absolute atomic E-state index is 0. The molecule has 3 saturated heterocycles. The molecule has 18 heavy (non-hydrogen) atoms. The van der Waals surface area contributed by atoms with Crippen LogP contribution in [0.4, 0.5) is 0 Å². The summed E-state index contributed by atoms with van der Waals surface area (Å²) < 4.78 is 0.835. The van der Waals surface area contributed by atoms with Crippen molar-refractivity contribution in [1.29, 1.82) is 0 Å². The maximum absolute atomic E-state index is 11.2. The van der Waals surface area contributed by atoms with E-state index in [1.165, 1.54) is 0 Å². The highest BCUT2D eigenvalue weighted by Crippen LogP contribution is 2.51. The van der Waals surface area contributed by atoms with Crippen LogP contribution in [-0.4, -0.2) is 29.7 Å². The average Bonchev–Trinajstić information content (AvgIpc) is 2.37. The number of rotatable bonds is 1. The highest BCUT2D eigenvalue weighted by Gasteiger charge is 2.57. The first-order valence-corrected chi connectivity index (χ1v) is 6.40. The second-order valence-electron chi connectivity index (χ2n) is 5.70. The van der Waals surface area contributed by atoms with Gasteiger partial charge in [-0.15, -0.1) is 24.0 Å².